The van der Waals surface area contributed by atoms with Crippen LogP contribution in [-0.4, -0.2) is 21.5 Å². The molecule has 0 saturated heterocycles. The summed E-state index contributed by atoms with van der Waals surface area (Å²) in [4.78, 5) is 20.6. The zero-order valence-electron chi connectivity index (χ0n) is 7.95. The van der Waals surface area contributed by atoms with Gasteiger partial charge < -0.3 is 5.11 Å². The lowest BCUT2D eigenvalue weighted by molar-refractivity contribution is -0.572. The van der Waals surface area contributed by atoms with Crippen LogP contribution in [-0.2, 0) is 4.79 Å². The molecule has 0 spiro atoms. The minimum absolute atomic E-state index is 0.113. The Morgan fingerprint density at radius 3 is 2.15 bits per heavy atom. The number of nitrogens with zero attached hydrogens (tertiary/aromatic N) is 1. The summed E-state index contributed by atoms with van der Waals surface area (Å²) >= 11 is 0. The van der Waals surface area contributed by atoms with Crippen LogP contribution in [0.1, 0.15) is 39.5 Å². The Bertz CT molecular complexity index is 198. The van der Waals surface area contributed by atoms with Gasteiger partial charge in [-0.2, -0.15) is 0 Å². The van der Waals surface area contributed by atoms with E-state index in [1.165, 1.54) is 0 Å². The van der Waals surface area contributed by atoms with Gasteiger partial charge in [-0.3, -0.25) is 14.9 Å². The quantitative estimate of drug-likeness (QED) is 0.509. The second kappa shape index (κ2) is 4.79. The van der Waals surface area contributed by atoms with Gasteiger partial charge in [-0.25, -0.2) is 0 Å². The molecule has 0 aliphatic carbocycles. The van der Waals surface area contributed by atoms with Gasteiger partial charge in [0.05, 0.1) is 6.42 Å². The molecular weight excluding hydrogens is 174 g/mol. The first-order valence-corrected chi connectivity index (χ1v) is 4.34. The molecule has 0 amide bonds. The Morgan fingerprint density at radius 1 is 1.46 bits per heavy atom. The summed E-state index contributed by atoms with van der Waals surface area (Å²) in [5.74, 6) is -0.979. The molecule has 13 heavy (non-hydrogen) atoms. The Kier molecular flexibility index (Phi) is 4.37. The van der Waals surface area contributed by atoms with Gasteiger partial charge in [0.1, 0.15) is 0 Å². The lowest BCUT2D eigenvalue weighted by Gasteiger charge is -2.21. The van der Waals surface area contributed by atoms with E-state index in [1.54, 1.807) is 13.8 Å². The van der Waals surface area contributed by atoms with Crippen LogP contribution in [0.2, 0.25) is 0 Å². The van der Waals surface area contributed by atoms with Crippen molar-refractivity contribution in [3.8, 4) is 0 Å². The predicted octanol–water partition coefficient (Wildman–Crippen LogP) is 1.69. The highest BCUT2D eigenvalue weighted by Gasteiger charge is 2.38. The Labute approximate surface area is 76.9 Å². The van der Waals surface area contributed by atoms with Gasteiger partial charge in [0.25, 0.3) is 0 Å². The molecule has 0 aliphatic rings. The monoisotopic (exact) mass is 189 g/mol. The molecule has 0 rings (SSSR count). The zero-order chi connectivity index (χ0) is 10.5. The van der Waals surface area contributed by atoms with Crippen molar-refractivity contribution in [2.75, 3.05) is 0 Å². The zero-order valence-corrected chi connectivity index (χ0v) is 7.95. The van der Waals surface area contributed by atoms with Gasteiger partial charge in [0, 0.05) is 24.2 Å². The standard InChI is InChI=1S/C8H15NO4/c1-3-8(4-2,9(12)13)6-5-7(10)11/h3-6H2,1-2H3,(H,10,11). The summed E-state index contributed by atoms with van der Waals surface area (Å²) in [5.41, 5.74) is -1.04. The van der Waals surface area contributed by atoms with Crippen LogP contribution in [0.5, 0.6) is 0 Å². The molecule has 0 aromatic heterocycles. The van der Waals surface area contributed by atoms with Crippen molar-refractivity contribution in [1.29, 1.82) is 0 Å². The second-order valence-corrected chi connectivity index (χ2v) is 3.08. The first-order chi connectivity index (χ1) is 5.98. The maximum absolute atomic E-state index is 10.7. The number of aliphatic carboxylic acids is 1. The van der Waals surface area contributed by atoms with Crippen molar-refractivity contribution in [2.45, 2.75) is 45.1 Å². The summed E-state index contributed by atoms with van der Waals surface area (Å²) < 4.78 is 0. The minimum atomic E-state index is -1.04. The topological polar surface area (TPSA) is 80.4 Å². The summed E-state index contributed by atoms with van der Waals surface area (Å²) in [7, 11) is 0. The molecule has 0 aliphatic heterocycles. The first-order valence-electron chi connectivity index (χ1n) is 4.34. The number of nitro groups is 1. The maximum Gasteiger partial charge on any atom is 0.303 e. The molecule has 0 heterocycles. The van der Waals surface area contributed by atoms with Gasteiger partial charge in [0.2, 0.25) is 5.54 Å². The lowest BCUT2D eigenvalue weighted by Crippen LogP contribution is -2.37. The highest BCUT2D eigenvalue weighted by molar-refractivity contribution is 5.66. The molecule has 0 aromatic carbocycles. The van der Waals surface area contributed by atoms with Crippen molar-refractivity contribution in [1.82, 2.24) is 0 Å². The summed E-state index contributed by atoms with van der Waals surface area (Å²) in [6, 6.07) is 0. The molecule has 76 valence electrons. The molecule has 0 radical (unpaired) electrons. The molecule has 0 bridgehead atoms. The number of carboxylic acids is 1. The average molecular weight is 189 g/mol. The van der Waals surface area contributed by atoms with E-state index >= 15 is 0 Å². The van der Waals surface area contributed by atoms with E-state index in [0.717, 1.165) is 0 Å². The van der Waals surface area contributed by atoms with E-state index in [0.29, 0.717) is 12.8 Å². The van der Waals surface area contributed by atoms with Crippen molar-refractivity contribution in [3.05, 3.63) is 10.1 Å². The lowest BCUT2D eigenvalue weighted by atomic mass is 9.88. The fourth-order valence-electron chi connectivity index (χ4n) is 1.29. The fourth-order valence-corrected chi connectivity index (χ4v) is 1.29. The van der Waals surface area contributed by atoms with Gasteiger partial charge in [-0.15, -0.1) is 0 Å². The highest BCUT2D eigenvalue weighted by atomic mass is 16.6. The molecule has 5 nitrogen and oxygen atoms in total. The number of hydrogen-bond donors (Lipinski definition) is 1. The molecule has 0 atom stereocenters. The second-order valence-electron chi connectivity index (χ2n) is 3.08. The van der Waals surface area contributed by atoms with Crippen LogP contribution in [0.15, 0.2) is 0 Å². The highest BCUT2D eigenvalue weighted by Crippen LogP contribution is 2.25. The SMILES string of the molecule is CCC(CC)(CCC(=O)O)[N+](=O)[O-]. The largest absolute Gasteiger partial charge is 0.481 e. The van der Waals surface area contributed by atoms with Crippen molar-refractivity contribution in [3.63, 3.8) is 0 Å². The maximum atomic E-state index is 10.7. The van der Waals surface area contributed by atoms with Crippen LogP contribution in [0.3, 0.4) is 0 Å². The van der Waals surface area contributed by atoms with Crippen LogP contribution in [0.25, 0.3) is 0 Å². The van der Waals surface area contributed by atoms with Crippen LogP contribution < -0.4 is 0 Å². The predicted molar refractivity (Wildman–Crippen MR) is 47.2 cm³/mol. The van der Waals surface area contributed by atoms with Crippen molar-refractivity contribution < 1.29 is 14.8 Å². The molecule has 0 fully saturated rings. The van der Waals surface area contributed by atoms with Gasteiger partial charge in [-0.1, -0.05) is 13.8 Å². The fraction of sp³-hybridized carbons (Fsp3) is 0.875. The summed E-state index contributed by atoms with van der Waals surface area (Å²) in [6.07, 6.45) is 0.735. The average Bonchev–Trinajstić information content (AvgIpc) is 2.06. The first kappa shape index (κ1) is 11.9. The van der Waals surface area contributed by atoms with Crippen molar-refractivity contribution >= 4 is 5.97 Å². The molecular formula is C8H15NO4. The van der Waals surface area contributed by atoms with E-state index in [1.807, 2.05) is 0 Å². The summed E-state index contributed by atoms with van der Waals surface area (Å²) in [6.45, 7) is 3.43. The van der Waals surface area contributed by atoms with E-state index in [9.17, 15) is 14.9 Å². The van der Waals surface area contributed by atoms with Crippen molar-refractivity contribution in [2.24, 2.45) is 0 Å². The van der Waals surface area contributed by atoms with E-state index < -0.39 is 11.5 Å². The van der Waals surface area contributed by atoms with E-state index in [2.05, 4.69) is 0 Å². The third-order valence-electron chi connectivity index (χ3n) is 2.51. The Morgan fingerprint density at radius 2 is 1.92 bits per heavy atom. The molecule has 5 heteroatoms. The summed E-state index contributed by atoms with van der Waals surface area (Å²) in [5, 5.41) is 19.1. The molecule has 1 N–H and O–H groups in total. The molecule has 0 saturated carbocycles. The third kappa shape index (κ3) is 3.01. The Hall–Kier alpha value is -1.13. The van der Waals surface area contributed by atoms with E-state index in [-0.39, 0.29) is 17.8 Å². The third-order valence-corrected chi connectivity index (χ3v) is 2.51. The molecule has 0 unspecified atom stereocenters. The number of hydrogen-bond acceptors (Lipinski definition) is 3. The van der Waals surface area contributed by atoms with Gasteiger partial charge in [-0.05, 0) is 0 Å². The van der Waals surface area contributed by atoms with E-state index in [4.69, 9.17) is 5.11 Å². The van der Waals surface area contributed by atoms with Crippen LogP contribution in [0, 0.1) is 10.1 Å². The Balaban J connectivity index is 4.39. The van der Waals surface area contributed by atoms with Gasteiger partial charge in [0.15, 0.2) is 0 Å². The number of carboxylic acid groups (broad SMARTS) is 1. The minimum Gasteiger partial charge on any atom is -0.481 e. The van der Waals surface area contributed by atoms with Gasteiger partial charge >= 0.3 is 5.97 Å². The number of carbonyl (C=O) groups is 1. The van der Waals surface area contributed by atoms with Crippen LogP contribution in [0.4, 0.5) is 0 Å². The van der Waals surface area contributed by atoms with Crippen LogP contribution >= 0.6 is 0 Å². The smallest absolute Gasteiger partial charge is 0.303 e. The molecule has 0 aromatic rings. The normalized spacial score (nSPS) is 11.2. The number of rotatable bonds is 6.